The van der Waals surface area contributed by atoms with Gasteiger partial charge in [-0.1, -0.05) is 91.0 Å². The maximum Gasteiger partial charge on any atom is 0.235 e. The van der Waals surface area contributed by atoms with Gasteiger partial charge >= 0.3 is 0 Å². The molecular weight excluding hydrogens is 562 g/mol. The van der Waals surface area contributed by atoms with Gasteiger partial charge in [0.1, 0.15) is 17.3 Å². The molecule has 0 spiro atoms. The number of hydrogen-bond donors (Lipinski definition) is 0. The molecule has 3 aliphatic rings. The molecule has 1 atom stereocenters. The van der Waals surface area contributed by atoms with Crippen LogP contribution in [0, 0.1) is 0 Å². The second-order valence-electron chi connectivity index (χ2n) is 12.3. The summed E-state index contributed by atoms with van der Waals surface area (Å²) in [7, 11) is 0. The van der Waals surface area contributed by atoms with E-state index >= 15 is 0 Å². The average molecular weight is 589 g/mol. The number of para-hydroxylation sites is 6. The standard InChI is InChI=1S/C42H26N3O/c1-2-12-26(13-3-1)43-32-19-7-8-20-33(32)45-35-25-24-34-39(40(35)30-17-11-21-36(43)41(30)45)29-15-4-6-18-31(29)44(34)37-22-10-16-28-27-14-5-9-23-38(27)46-42(28)37/h1-25,41H/q+1. The molecule has 0 saturated carbocycles. The van der Waals surface area contributed by atoms with Crippen LogP contribution in [0.25, 0.3) is 55.0 Å². The van der Waals surface area contributed by atoms with Gasteiger partial charge in [0.15, 0.2) is 5.58 Å². The Morgan fingerprint density at radius 1 is 0.587 bits per heavy atom. The minimum absolute atomic E-state index is 0.0709. The summed E-state index contributed by atoms with van der Waals surface area (Å²) in [5, 5.41) is 4.80. The number of fused-ring (bicyclic) bond motifs is 12. The molecule has 4 heterocycles. The highest BCUT2D eigenvalue weighted by atomic mass is 16.3. The highest BCUT2D eigenvalue weighted by Gasteiger charge is 2.49. The summed E-state index contributed by atoms with van der Waals surface area (Å²) in [6, 6.07) is 47.9. The van der Waals surface area contributed by atoms with Crippen LogP contribution < -0.4 is 9.48 Å². The van der Waals surface area contributed by atoms with Crippen molar-refractivity contribution in [2.24, 2.45) is 0 Å². The normalized spacial score (nSPS) is 16.4. The number of nitrogens with zero attached hydrogens (tertiary/aromatic N) is 3. The molecule has 0 fully saturated rings. The van der Waals surface area contributed by atoms with Crippen LogP contribution in [0.15, 0.2) is 156 Å². The van der Waals surface area contributed by atoms with Crippen LogP contribution >= 0.6 is 0 Å². The molecule has 0 amide bonds. The minimum Gasteiger partial charge on any atom is -0.454 e. The summed E-state index contributed by atoms with van der Waals surface area (Å²) in [6.45, 7) is 0. The minimum atomic E-state index is 0.0709. The topological polar surface area (TPSA) is 24.3 Å². The lowest BCUT2D eigenvalue weighted by Crippen LogP contribution is -2.43. The smallest absolute Gasteiger partial charge is 0.235 e. The van der Waals surface area contributed by atoms with Gasteiger partial charge in [0, 0.05) is 51.4 Å². The van der Waals surface area contributed by atoms with E-state index in [1.807, 2.05) is 6.07 Å². The first-order chi connectivity index (χ1) is 22.9. The van der Waals surface area contributed by atoms with E-state index in [2.05, 4.69) is 160 Å². The third-order valence-corrected chi connectivity index (χ3v) is 10.0. The lowest BCUT2D eigenvalue weighted by Gasteiger charge is -2.32. The zero-order valence-corrected chi connectivity index (χ0v) is 24.8. The summed E-state index contributed by atoms with van der Waals surface area (Å²) in [5.41, 5.74) is 14.0. The van der Waals surface area contributed by atoms with Crippen LogP contribution in [-0.2, 0) is 0 Å². The SMILES string of the molecule is C1=CC2=[N+](c3ccccc3)c3ccccc3N3c4ccc5c(c4C(=C1)C23)c1ccccc1n5-c1cccc2c1oc1ccccc12. The van der Waals surface area contributed by atoms with Gasteiger partial charge in [0.2, 0.25) is 17.1 Å². The van der Waals surface area contributed by atoms with E-state index in [4.69, 9.17) is 4.42 Å². The molecule has 4 heteroatoms. The highest BCUT2D eigenvalue weighted by Crippen LogP contribution is 2.55. The number of rotatable bonds is 2. The number of anilines is 2. The number of hydrogen-bond acceptors (Lipinski definition) is 2. The number of benzene rings is 6. The first-order valence-corrected chi connectivity index (χ1v) is 15.8. The Morgan fingerprint density at radius 3 is 2.28 bits per heavy atom. The van der Waals surface area contributed by atoms with Gasteiger partial charge in [-0.25, -0.2) is 0 Å². The third kappa shape index (κ3) is 2.96. The zero-order chi connectivity index (χ0) is 29.9. The highest BCUT2D eigenvalue weighted by molar-refractivity contribution is 6.26. The maximum absolute atomic E-state index is 6.57. The summed E-state index contributed by atoms with van der Waals surface area (Å²) >= 11 is 0. The van der Waals surface area contributed by atoms with Crippen molar-refractivity contribution >= 4 is 77.8 Å². The Hall–Kier alpha value is -6.13. The molecule has 6 aromatic carbocycles. The number of aromatic nitrogens is 1. The second kappa shape index (κ2) is 8.74. The first-order valence-electron chi connectivity index (χ1n) is 15.8. The average Bonchev–Trinajstić information content (AvgIpc) is 3.77. The largest absolute Gasteiger partial charge is 0.454 e. The molecule has 0 N–H and O–H groups in total. The van der Waals surface area contributed by atoms with E-state index in [1.54, 1.807) is 0 Å². The monoisotopic (exact) mass is 588 g/mol. The summed E-state index contributed by atoms with van der Waals surface area (Å²) in [4.78, 5) is 2.56. The molecular formula is C42H26N3O+. The molecule has 1 aliphatic carbocycles. The Morgan fingerprint density at radius 2 is 1.35 bits per heavy atom. The van der Waals surface area contributed by atoms with E-state index < -0.39 is 0 Å². The summed E-state index contributed by atoms with van der Waals surface area (Å²) in [6.07, 6.45) is 6.85. The Labute approximate surface area is 264 Å². The van der Waals surface area contributed by atoms with E-state index in [1.165, 1.54) is 61.4 Å². The van der Waals surface area contributed by atoms with Gasteiger partial charge in [-0.2, -0.15) is 4.58 Å². The number of allylic oxidation sites excluding steroid dienone is 2. The fourth-order valence-electron chi connectivity index (χ4n) is 8.26. The van der Waals surface area contributed by atoms with Gasteiger partial charge in [0.05, 0.1) is 22.4 Å². The van der Waals surface area contributed by atoms with Gasteiger partial charge < -0.3 is 13.9 Å². The molecule has 11 rings (SSSR count). The predicted octanol–water partition coefficient (Wildman–Crippen LogP) is 10.4. The fraction of sp³-hybridized carbons (Fsp3) is 0.0238. The van der Waals surface area contributed by atoms with E-state index in [0.717, 1.165) is 27.6 Å². The van der Waals surface area contributed by atoms with Crippen molar-refractivity contribution in [3.05, 3.63) is 157 Å². The van der Waals surface area contributed by atoms with Crippen molar-refractivity contribution < 1.29 is 4.42 Å². The quantitative estimate of drug-likeness (QED) is 0.188. The van der Waals surface area contributed by atoms with Crippen molar-refractivity contribution in [1.29, 1.82) is 0 Å². The molecule has 2 aromatic heterocycles. The molecule has 46 heavy (non-hydrogen) atoms. The molecule has 2 aliphatic heterocycles. The van der Waals surface area contributed by atoms with Crippen LogP contribution in [0.2, 0.25) is 0 Å². The van der Waals surface area contributed by atoms with Gasteiger partial charge in [0.25, 0.3) is 0 Å². The number of furan rings is 1. The zero-order valence-electron chi connectivity index (χ0n) is 24.8. The van der Waals surface area contributed by atoms with Gasteiger partial charge in [-0.05, 0) is 42.0 Å². The van der Waals surface area contributed by atoms with Crippen molar-refractivity contribution in [3.63, 3.8) is 0 Å². The van der Waals surface area contributed by atoms with Crippen LogP contribution in [0.1, 0.15) is 5.56 Å². The maximum atomic E-state index is 6.57. The van der Waals surface area contributed by atoms with Crippen LogP contribution in [0.3, 0.4) is 0 Å². The lowest BCUT2D eigenvalue weighted by atomic mass is 9.90. The molecule has 8 aromatic rings. The second-order valence-corrected chi connectivity index (χ2v) is 12.3. The van der Waals surface area contributed by atoms with Crippen LogP contribution in [0.5, 0.6) is 0 Å². The van der Waals surface area contributed by atoms with Crippen molar-refractivity contribution in [1.82, 2.24) is 9.14 Å². The molecule has 0 bridgehead atoms. The van der Waals surface area contributed by atoms with Crippen molar-refractivity contribution in [2.75, 3.05) is 4.90 Å². The summed E-state index contributed by atoms with van der Waals surface area (Å²) < 4.78 is 11.4. The van der Waals surface area contributed by atoms with E-state index in [9.17, 15) is 0 Å². The molecule has 214 valence electrons. The Bertz CT molecular complexity index is 2700. The first kappa shape index (κ1) is 24.2. The molecule has 0 radical (unpaired) electrons. The molecule has 4 nitrogen and oxygen atoms in total. The van der Waals surface area contributed by atoms with Crippen molar-refractivity contribution in [3.8, 4) is 5.69 Å². The van der Waals surface area contributed by atoms with Crippen molar-refractivity contribution in [2.45, 2.75) is 6.04 Å². The third-order valence-electron chi connectivity index (χ3n) is 10.0. The van der Waals surface area contributed by atoms with E-state index in [-0.39, 0.29) is 6.04 Å². The van der Waals surface area contributed by atoms with E-state index in [0.29, 0.717) is 0 Å². The molecule has 0 saturated heterocycles. The molecule has 1 unspecified atom stereocenters. The summed E-state index contributed by atoms with van der Waals surface area (Å²) in [5.74, 6) is 0. The Kier molecular flexibility index (Phi) is 4.60. The predicted molar refractivity (Wildman–Crippen MR) is 190 cm³/mol. The fourth-order valence-corrected chi connectivity index (χ4v) is 8.26. The van der Waals surface area contributed by atoms with Crippen LogP contribution in [0.4, 0.5) is 22.7 Å². The van der Waals surface area contributed by atoms with Gasteiger partial charge in [-0.15, -0.1) is 0 Å². The lowest BCUT2D eigenvalue weighted by molar-refractivity contribution is 0.666. The van der Waals surface area contributed by atoms with Gasteiger partial charge in [-0.3, -0.25) is 0 Å². The Balaban J connectivity index is 1.24. The van der Waals surface area contributed by atoms with Crippen LogP contribution in [-0.4, -0.2) is 16.3 Å².